The Kier molecular flexibility index (Phi) is 4.52. The number of methoxy groups -OCH3 is 2. The summed E-state index contributed by atoms with van der Waals surface area (Å²) in [5.41, 5.74) is -0.173. The van der Waals surface area contributed by atoms with Gasteiger partial charge in [0.15, 0.2) is 6.54 Å². The summed E-state index contributed by atoms with van der Waals surface area (Å²) in [6.07, 6.45) is 2.88. The van der Waals surface area contributed by atoms with E-state index in [2.05, 4.69) is 4.90 Å². The number of aliphatic hydroxyl groups is 1. The number of nitrogens with zero attached hydrogens (tertiary/aromatic N) is 2. The van der Waals surface area contributed by atoms with E-state index < -0.39 is 11.5 Å². The molecule has 2 aliphatic heterocycles. The molecule has 0 saturated carbocycles. The van der Waals surface area contributed by atoms with Crippen LogP contribution in [0, 0.1) is 5.82 Å². The van der Waals surface area contributed by atoms with Gasteiger partial charge >= 0.3 is 0 Å². The average Bonchev–Trinajstić information content (AvgIpc) is 3.02. The highest BCUT2D eigenvalue weighted by Crippen LogP contribution is 2.37. The molecule has 2 aromatic carbocycles. The zero-order chi connectivity index (χ0) is 19.0. The molecule has 5 nitrogen and oxygen atoms in total. The van der Waals surface area contributed by atoms with Gasteiger partial charge in [-0.2, -0.15) is 0 Å². The van der Waals surface area contributed by atoms with Crippen LogP contribution in [-0.4, -0.2) is 42.8 Å². The Labute approximate surface area is 158 Å². The maximum absolute atomic E-state index is 14.8. The highest BCUT2D eigenvalue weighted by Gasteiger charge is 2.53. The van der Waals surface area contributed by atoms with Gasteiger partial charge in [0.05, 0.1) is 26.3 Å². The minimum absolute atomic E-state index is 0.276. The van der Waals surface area contributed by atoms with Crippen molar-refractivity contribution in [1.29, 1.82) is 0 Å². The number of hydrogen-bond donors (Lipinski definition) is 1. The predicted octanol–water partition coefficient (Wildman–Crippen LogP) is 3.10. The highest BCUT2D eigenvalue weighted by atomic mass is 19.1. The summed E-state index contributed by atoms with van der Waals surface area (Å²) in [5.74, 6) is 1.79. The molecular weight excluding hydrogens is 347 g/mol. The van der Waals surface area contributed by atoms with Crippen molar-refractivity contribution in [3.8, 4) is 11.5 Å². The van der Waals surface area contributed by atoms with Crippen molar-refractivity contribution in [3.63, 3.8) is 0 Å². The van der Waals surface area contributed by atoms with Gasteiger partial charge < -0.3 is 14.6 Å². The molecule has 1 unspecified atom stereocenters. The fourth-order valence-electron chi connectivity index (χ4n) is 4.07. The summed E-state index contributed by atoms with van der Waals surface area (Å²) in [7, 11) is 3.13. The molecule has 1 N–H and O–H groups in total. The summed E-state index contributed by atoms with van der Waals surface area (Å²) >= 11 is 0. The van der Waals surface area contributed by atoms with Crippen LogP contribution >= 0.6 is 0 Å². The molecule has 0 spiro atoms. The van der Waals surface area contributed by atoms with Crippen molar-refractivity contribution in [2.75, 3.05) is 32.2 Å². The maximum atomic E-state index is 14.8. The SMILES string of the molecule is COc1ccc(N2CC(O)(c3ccc(OC)cc3F)[N+]3=C2CCCC3)cc1. The molecule has 6 heteroatoms. The van der Waals surface area contributed by atoms with Crippen molar-refractivity contribution in [3.05, 3.63) is 53.8 Å². The molecule has 2 heterocycles. The van der Waals surface area contributed by atoms with E-state index in [1.165, 1.54) is 13.2 Å². The Morgan fingerprint density at radius 1 is 1.04 bits per heavy atom. The Hall–Kier alpha value is -2.60. The van der Waals surface area contributed by atoms with Gasteiger partial charge in [0.25, 0.3) is 11.6 Å². The third kappa shape index (κ3) is 2.94. The van der Waals surface area contributed by atoms with Crippen LogP contribution in [0.5, 0.6) is 11.5 Å². The van der Waals surface area contributed by atoms with Gasteiger partial charge in [-0.25, -0.2) is 13.9 Å². The van der Waals surface area contributed by atoms with Gasteiger partial charge in [-0.05, 0) is 49.2 Å². The second-order valence-electron chi connectivity index (χ2n) is 6.97. The van der Waals surface area contributed by atoms with Crippen LogP contribution in [0.4, 0.5) is 10.1 Å². The zero-order valence-corrected chi connectivity index (χ0v) is 15.6. The predicted molar refractivity (Wildman–Crippen MR) is 101 cm³/mol. The lowest BCUT2D eigenvalue weighted by Crippen LogP contribution is -2.42. The number of ether oxygens (including phenoxy) is 2. The normalized spacial score (nSPS) is 22.0. The van der Waals surface area contributed by atoms with Gasteiger partial charge in [-0.1, -0.05) is 0 Å². The van der Waals surface area contributed by atoms with E-state index in [9.17, 15) is 9.50 Å². The summed E-state index contributed by atoms with van der Waals surface area (Å²) in [6.45, 7) is 0.974. The molecule has 2 aromatic rings. The first kappa shape index (κ1) is 17.8. The topological polar surface area (TPSA) is 44.9 Å². The number of halogens is 1. The molecule has 0 aromatic heterocycles. The molecule has 2 aliphatic rings. The van der Waals surface area contributed by atoms with E-state index in [-0.39, 0.29) is 12.1 Å². The first-order valence-corrected chi connectivity index (χ1v) is 9.18. The molecule has 0 aliphatic carbocycles. The van der Waals surface area contributed by atoms with Crippen molar-refractivity contribution in [2.45, 2.75) is 25.0 Å². The van der Waals surface area contributed by atoms with Crippen LogP contribution in [0.1, 0.15) is 24.8 Å². The standard InChI is InChI=1S/C21H24FN2O3/c1-26-16-8-6-15(7-9-16)23-14-21(25,24-12-4-3-5-20(23)24)18-11-10-17(27-2)13-19(18)22/h6-11,13,25H,3-5,12,14H2,1-2H3/q+1. The van der Waals surface area contributed by atoms with Crippen LogP contribution in [0.2, 0.25) is 0 Å². The Bertz CT molecular complexity index is 881. The van der Waals surface area contributed by atoms with Gasteiger partial charge in [-0.15, -0.1) is 0 Å². The lowest BCUT2D eigenvalue weighted by molar-refractivity contribution is -0.661. The van der Waals surface area contributed by atoms with Crippen LogP contribution < -0.4 is 14.4 Å². The Morgan fingerprint density at radius 2 is 1.74 bits per heavy atom. The van der Waals surface area contributed by atoms with Gasteiger partial charge in [0.2, 0.25) is 0 Å². The van der Waals surface area contributed by atoms with Crippen LogP contribution in [0.25, 0.3) is 0 Å². The van der Waals surface area contributed by atoms with E-state index in [4.69, 9.17) is 9.47 Å². The summed E-state index contributed by atoms with van der Waals surface area (Å²) in [6, 6.07) is 12.4. The molecule has 0 saturated heterocycles. The molecule has 0 radical (unpaired) electrons. The summed E-state index contributed by atoms with van der Waals surface area (Å²) in [4.78, 5) is 2.09. The van der Waals surface area contributed by atoms with Gasteiger partial charge in [-0.3, -0.25) is 0 Å². The summed E-state index contributed by atoms with van der Waals surface area (Å²) < 4.78 is 27.1. The number of benzene rings is 2. The van der Waals surface area contributed by atoms with Crippen molar-refractivity contribution in [2.24, 2.45) is 0 Å². The maximum Gasteiger partial charge on any atom is 0.273 e. The van der Waals surface area contributed by atoms with E-state index in [1.54, 1.807) is 19.2 Å². The third-order valence-electron chi connectivity index (χ3n) is 5.47. The monoisotopic (exact) mass is 371 g/mol. The van der Waals surface area contributed by atoms with Crippen molar-refractivity contribution >= 4 is 11.5 Å². The zero-order valence-electron chi connectivity index (χ0n) is 15.6. The second-order valence-corrected chi connectivity index (χ2v) is 6.97. The number of β-amino-alcohol motifs (C(OH)–C–C–N with tert-alkyl or cyclic N) is 1. The first-order chi connectivity index (χ1) is 13.1. The molecule has 142 valence electrons. The van der Waals surface area contributed by atoms with Crippen molar-refractivity contribution in [1.82, 2.24) is 0 Å². The molecule has 0 amide bonds. The van der Waals surface area contributed by atoms with E-state index in [0.717, 1.165) is 36.5 Å². The number of hydrogen-bond acceptors (Lipinski definition) is 4. The van der Waals surface area contributed by atoms with E-state index in [0.29, 0.717) is 12.3 Å². The van der Waals surface area contributed by atoms with E-state index in [1.807, 2.05) is 28.8 Å². The van der Waals surface area contributed by atoms with Crippen LogP contribution in [0.15, 0.2) is 42.5 Å². The summed E-state index contributed by atoms with van der Waals surface area (Å²) in [5, 5.41) is 11.6. The molecule has 27 heavy (non-hydrogen) atoms. The first-order valence-electron chi connectivity index (χ1n) is 9.18. The molecule has 1 atom stereocenters. The lowest BCUT2D eigenvalue weighted by Gasteiger charge is -2.25. The van der Waals surface area contributed by atoms with Gasteiger partial charge in [0, 0.05) is 12.5 Å². The van der Waals surface area contributed by atoms with Crippen molar-refractivity contribution < 1.29 is 23.5 Å². The largest absolute Gasteiger partial charge is 0.497 e. The van der Waals surface area contributed by atoms with Gasteiger partial charge in [0.1, 0.15) is 23.0 Å². The fraction of sp³-hybridized carbons (Fsp3) is 0.381. The third-order valence-corrected chi connectivity index (χ3v) is 5.47. The number of amidine groups is 1. The lowest BCUT2D eigenvalue weighted by atomic mass is 10.0. The highest BCUT2D eigenvalue weighted by molar-refractivity contribution is 5.96. The molecule has 0 fully saturated rings. The Balaban J connectivity index is 1.77. The molecule has 4 rings (SSSR count). The van der Waals surface area contributed by atoms with Crippen LogP contribution in [-0.2, 0) is 5.72 Å². The minimum Gasteiger partial charge on any atom is -0.497 e. The van der Waals surface area contributed by atoms with E-state index >= 15 is 0 Å². The minimum atomic E-state index is -1.41. The number of anilines is 1. The average molecular weight is 371 g/mol. The smallest absolute Gasteiger partial charge is 0.273 e. The molecule has 0 bridgehead atoms. The fourth-order valence-corrected chi connectivity index (χ4v) is 4.07. The quantitative estimate of drug-likeness (QED) is 0.839. The number of rotatable bonds is 4. The van der Waals surface area contributed by atoms with Crippen LogP contribution in [0.3, 0.4) is 0 Å². The molecular formula is C21H24FN2O3+. The Morgan fingerprint density at radius 3 is 2.41 bits per heavy atom. The second kappa shape index (κ2) is 6.85.